The Balaban J connectivity index is 1.03. The van der Waals surface area contributed by atoms with Crippen LogP contribution in [0.2, 0.25) is 0 Å². The van der Waals surface area contributed by atoms with Gasteiger partial charge in [0.25, 0.3) is 0 Å². The Kier molecular flexibility index (Phi) is 6.10. The van der Waals surface area contributed by atoms with Crippen LogP contribution in [0, 0.1) is 17.9 Å². The first-order chi connectivity index (χ1) is 27.7. The molecule has 4 heterocycles. The highest BCUT2D eigenvalue weighted by molar-refractivity contribution is 6.16. The molecule has 12 rings (SSSR count). The number of fused-ring (bicyclic) bond motifs is 12. The van der Waals surface area contributed by atoms with Crippen LogP contribution in [0.25, 0.3) is 115 Å². The number of nitriles is 1. The first kappa shape index (κ1) is 30.4. The van der Waals surface area contributed by atoms with Crippen LogP contribution < -0.4 is 0 Å². The Morgan fingerprint density at radius 2 is 0.946 bits per heavy atom. The largest absolute Gasteiger partial charge is 0.455 e. The second kappa shape index (κ2) is 11.2. The fraction of sp³-hybridized carbons (Fsp3) is 0. The Morgan fingerprint density at radius 1 is 0.446 bits per heavy atom. The van der Waals surface area contributed by atoms with E-state index in [4.69, 9.17) is 15.4 Å². The van der Waals surface area contributed by atoms with Gasteiger partial charge in [0.2, 0.25) is 0 Å². The Hall–Kier alpha value is -8.06. The molecule has 0 fully saturated rings. The zero-order valence-corrected chi connectivity index (χ0v) is 29.6. The van der Waals surface area contributed by atoms with Crippen molar-refractivity contribution >= 4 is 93.2 Å². The smallest absolute Gasteiger partial charge is 0.188 e. The summed E-state index contributed by atoms with van der Waals surface area (Å²) in [6, 6.07) is 56.2. The van der Waals surface area contributed by atoms with Crippen LogP contribution in [0.1, 0.15) is 5.56 Å². The molecule has 0 bridgehead atoms. The van der Waals surface area contributed by atoms with E-state index in [1.165, 1.54) is 0 Å². The van der Waals surface area contributed by atoms with Gasteiger partial charge in [0.15, 0.2) is 5.69 Å². The fourth-order valence-corrected chi connectivity index (χ4v) is 8.90. The molecule has 0 unspecified atom stereocenters. The van der Waals surface area contributed by atoms with Crippen molar-refractivity contribution in [1.29, 1.82) is 5.26 Å². The van der Waals surface area contributed by atoms with E-state index < -0.39 is 0 Å². The summed E-state index contributed by atoms with van der Waals surface area (Å²) in [4.78, 5) is 3.69. The van der Waals surface area contributed by atoms with E-state index in [1.807, 2.05) is 48.5 Å². The molecule has 0 atom stereocenters. The molecule has 0 saturated heterocycles. The number of nitrogens with zero attached hydrogens (tertiary/aromatic N) is 4. The number of furan rings is 2. The van der Waals surface area contributed by atoms with E-state index in [2.05, 4.69) is 129 Å². The Bertz CT molecular complexity index is 3500. The van der Waals surface area contributed by atoms with E-state index >= 15 is 0 Å². The Labute approximate surface area is 318 Å². The summed E-state index contributed by atoms with van der Waals surface area (Å²) in [5.41, 5.74) is 12.7. The number of hydrogen-bond donors (Lipinski definition) is 0. The highest BCUT2D eigenvalue weighted by Crippen LogP contribution is 2.43. The molecule has 0 saturated carbocycles. The van der Waals surface area contributed by atoms with Gasteiger partial charge in [-0.3, -0.25) is 0 Å². The van der Waals surface area contributed by atoms with Gasteiger partial charge in [0, 0.05) is 60.2 Å². The number of para-hydroxylation sites is 4. The van der Waals surface area contributed by atoms with E-state index in [9.17, 15) is 5.26 Å². The van der Waals surface area contributed by atoms with Gasteiger partial charge in [-0.15, -0.1) is 0 Å². The topological polar surface area (TPSA) is 64.3 Å². The normalized spacial score (nSPS) is 11.9. The number of rotatable bonds is 3. The molecule has 6 nitrogen and oxygen atoms in total. The molecule has 0 radical (unpaired) electrons. The molecular formula is C50H26N4O2. The molecule has 4 aromatic heterocycles. The molecule has 0 spiro atoms. The van der Waals surface area contributed by atoms with Crippen molar-refractivity contribution in [3.05, 3.63) is 175 Å². The average Bonchev–Trinajstić information content (AvgIpc) is 4.00. The van der Waals surface area contributed by atoms with Crippen LogP contribution in [0.5, 0.6) is 0 Å². The predicted octanol–water partition coefficient (Wildman–Crippen LogP) is 13.8. The van der Waals surface area contributed by atoms with Gasteiger partial charge in [0.1, 0.15) is 22.3 Å². The van der Waals surface area contributed by atoms with Crippen LogP contribution in [0.3, 0.4) is 0 Å². The molecule has 0 N–H and O–H groups in total. The summed E-state index contributed by atoms with van der Waals surface area (Å²) in [6.45, 7) is 7.59. The molecule has 56 heavy (non-hydrogen) atoms. The van der Waals surface area contributed by atoms with Crippen LogP contribution in [0.4, 0.5) is 5.69 Å². The number of hydrogen-bond acceptors (Lipinski definition) is 3. The maximum atomic E-state index is 9.63. The van der Waals surface area contributed by atoms with E-state index in [-0.39, 0.29) is 0 Å². The third kappa shape index (κ3) is 4.13. The van der Waals surface area contributed by atoms with Crippen molar-refractivity contribution in [1.82, 2.24) is 9.13 Å². The molecule has 0 aliphatic heterocycles. The standard InChI is InChI=1S/C50H26N4O2/c1-52-30-17-21-46-40(25-30)34-9-3-5-15-44(34)54(46)32-19-23-48-42(27-32)38-13-7-11-36(50(38)56-48)35-10-6-12-37-41-26-31(18-22-47(41)55-49(35)37)53-43-14-4-2-8-33(43)39-24-29(28-51)16-20-45(39)53/h2-27H. The van der Waals surface area contributed by atoms with Crippen LogP contribution >= 0.6 is 0 Å². The summed E-state index contributed by atoms with van der Waals surface area (Å²) in [7, 11) is 0. The molecular weight excluding hydrogens is 689 g/mol. The lowest BCUT2D eigenvalue weighted by Crippen LogP contribution is -1.93. The zero-order valence-electron chi connectivity index (χ0n) is 29.6. The second-order valence-corrected chi connectivity index (χ2v) is 14.3. The monoisotopic (exact) mass is 714 g/mol. The minimum Gasteiger partial charge on any atom is -0.455 e. The van der Waals surface area contributed by atoms with Crippen molar-refractivity contribution in [3.8, 4) is 28.6 Å². The minimum absolute atomic E-state index is 0.628. The highest BCUT2D eigenvalue weighted by atomic mass is 16.3. The van der Waals surface area contributed by atoms with Crippen molar-refractivity contribution < 1.29 is 8.83 Å². The number of benzene rings is 8. The SMILES string of the molecule is [C-]#[N+]c1ccc2c(c1)c1ccccc1n2-c1ccc2oc3c(-c4cccc5c4oc4ccc(-n6c7ccccc7c7cc(C#N)ccc76)cc45)cccc3c2c1. The summed E-state index contributed by atoms with van der Waals surface area (Å²) >= 11 is 0. The third-order valence-electron chi connectivity index (χ3n) is 11.4. The van der Waals surface area contributed by atoms with Gasteiger partial charge >= 0.3 is 0 Å². The van der Waals surface area contributed by atoms with E-state index in [0.717, 1.165) is 110 Å². The maximum Gasteiger partial charge on any atom is 0.188 e. The summed E-state index contributed by atoms with van der Waals surface area (Å²) in [5.74, 6) is 0. The zero-order chi connectivity index (χ0) is 37.1. The third-order valence-corrected chi connectivity index (χ3v) is 11.4. The Morgan fingerprint density at radius 3 is 1.50 bits per heavy atom. The highest BCUT2D eigenvalue weighted by Gasteiger charge is 2.20. The fourth-order valence-electron chi connectivity index (χ4n) is 8.90. The van der Waals surface area contributed by atoms with E-state index in [0.29, 0.717) is 11.3 Å². The van der Waals surface area contributed by atoms with E-state index in [1.54, 1.807) is 0 Å². The summed E-state index contributed by atoms with van der Waals surface area (Å²) < 4.78 is 17.9. The first-order valence-electron chi connectivity index (χ1n) is 18.4. The average molecular weight is 715 g/mol. The van der Waals surface area contributed by atoms with Gasteiger partial charge in [0.05, 0.1) is 40.3 Å². The van der Waals surface area contributed by atoms with Crippen LogP contribution in [-0.2, 0) is 0 Å². The van der Waals surface area contributed by atoms with Gasteiger partial charge < -0.3 is 18.0 Å². The molecule has 8 aromatic carbocycles. The molecule has 258 valence electrons. The predicted molar refractivity (Wildman–Crippen MR) is 226 cm³/mol. The number of aromatic nitrogens is 2. The lowest BCUT2D eigenvalue weighted by molar-refractivity contribution is 0.665. The van der Waals surface area contributed by atoms with Crippen molar-refractivity contribution in [2.24, 2.45) is 0 Å². The molecule has 6 heteroatoms. The first-order valence-corrected chi connectivity index (χ1v) is 18.4. The molecule has 0 aliphatic carbocycles. The summed E-state index contributed by atoms with van der Waals surface area (Å²) in [5, 5.41) is 18.1. The summed E-state index contributed by atoms with van der Waals surface area (Å²) in [6.07, 6.45) is 0. The van der Waals surface area contributed by atoms with Crippen molar-refractivity contribution in [2.75, 3.05) is 0 Å². The van der Waals surface area contributed by atoms with Gasteiger partial charge in [-0.05, 0) is 84.2 Å². The van der Waals surface area contributed by atoms with Gasteiger partial charge in [-0.2, -0.15) is 5.26 Å². The quantitative estimate of drug-likeness (QED) is 0.171. The van der Waals surface area contributed by atoms with Crippen LogP contribution in [-0.4, -0.2) is 9.13 Å². The lowest BCUT2D eigenvalue weighted by Gasteiger charge is -2.08. The lowest BCUT2D eigenvalue weighted by atomic mass is 10.00. The minimum atomic E-state index is 0.628. The van der Waals surface area contributed by atoms with Crippen molar-refractivity contribution in [2.45, 2.75) is 0 Å². The van der Waals surface area contributed by atoms with Crippen molar-refractivity contribution in [3.63, 3.8) is 0 Å². The maximum absolute atomic E-state index is 9.63. The van der Waals surface area contributed by atoms with Crippen LogP contribution in [0.15, 0.2) is 167 Å². The van der Waals surface area contributed by atoms with Gasteiger partial charge in [-0.1, -0.05) is 78.9 Å². The molecule has 0 amide bonds. The second-order valence-electron chi connectivity index (χ2n) is 14.3. The molecule has 0 aliphatic rings. The molecule has 12 aromatic rings. The van der Waals surface area contributed by atoms with Gasteiger partial charge in [-0.25, -0.2) is 4.85 Å².